The van der Waals surface area contributed by atoms with Gasteiger partial charge in [-0.05, 0) is 30.2 Å². The number of hydrogen-bond acceptors (Lipinski definition) is 3. The molecule has 2 atom stereocenters. The van der Waals surface area contributed by atoms with Crippen molar-refractivity contribution in [2.75, 3.05) is 13.1 Å². The minimum absolute atomic E-state index is 0.117. The van der Waals surface area contributed by atoms with Gasteiger partial charge in [0.2, 0.25) is 0 Å². The molecular formula is C22H22FN3O. The Labute approximate surface area is 157 Å². The van der Waals surface area contributed by atoms with E-state index >= 15 is 0 Å². The zero-order chi connectivity index (χ0) is 18.4. The van der Waals surface area contributed by atoms with Crippen LogP contribution in [0, 0.1) is 5.82 Å². The summed E-state index contributed by atoms with van der Waals surface area (Å²) in [5.74, 6) is -0.379. The van der Waals surface area contributed by atoms with E-state index in [-0.39, 0.29) is 11.2 Å². The highest BCUT2D eigenvalue weighted by atomic mass is 19.1. The molecule has 3 heterocycles. The number of nitrogens with one attached hydrogen (secondary N) is 1. The zero-order valence-electron chi connectivity index (χ0n) is 15.1. The van der Waals surface area contributed by atoms with Crippen molar-refractivity contribution in [1.82, 2.24) is 14.8 Å². The lowest BCUT2D eigenvalue weighted by Gasteiger charge is -2.34. The minimum atomic E-state index is -0.379. The largest absolute Gasteiger partial charge is 0.357 e. The Morgan fingerprint density at radius 3 is 2.44 bits per heavy atom. The number of hydrogen-bond donors (Lipinski definition) is 1. The van der Waals surface area contributed by atoms with Crippen molar-refractivity contribution in [3.63, 3.8) is 0 Å². The van der Waals surface area contributed by atoms with Crippen molar-refractivity contribution in [3.8, 4) is 0 Å². The topological polar surface area (TPSA) is 39.3 Å². The predicted molar refractivity (Wildman–Crippen MR) is 104 cm³/mol. The summed E-state index contributed by atoms with van der Waals surface area (Å²) in [6, 6.07) is 17.7. The van der Waals surface area contributed by atoms with Gasteiger partial charge in [0.05, 0.1) is 0 Å². The van der Waals surface area contributed by atoms with E-state index in [0.717, 1.165) is 31.9 Å². The highest BCUT2D eigenvalue weighted by Crippen LogP contribution is 2.32. The molecule has 5 rings (SSSR count). The Kier molecular flexibility index (Phi) is 4.06. The first kappa shape index (κ1) is 16.7. The second kappa shape index (κ2) is 6.59. The van der Waals surface area contributed by atoms with Crippen LogP contribution in [0.4, 0.5) is 4.39 Å². The summed E-state index contributed by atoms with van der Waals surface area (Å²) in [7, 11) is 0. The maximum absolute atomic E-state index is 13.4. The number of rotatable bonds is 4. The monoisotopic (exact) mass is 363 g/mol. The van der Waals surface area contributed by atoms with Gasteiger partial charge in [0.1, 0.15) is 5.82 Å². The summed E-state index contributed by atoms with van der Waals surface area (Å²) < 4.78 is 13.4. The molecule has 2 aliphatic rings. The Morgan fingerprint density at radius 1 is 0.963 bits per heavy atom. The molecule has 2 bridgehead atoms. The van der Waals surface area contributed by atoms with E-state index in [9.17, 15) is 9.18 Å². The number of aromatic nitrogens is 1. The quantitative estimate of drug-likeness (QED) is 0.774. The van der Waals surface area contributed by atoms with Crippen LogP contribution in [0.15, 0.2) is 59.4 Å². The molecule has 5 heteroatoms. The molecule has 2 aromatic carbocycles. The summed E-state index contributed by atoms with van der Waals surface area (Å²) in [6.45, 7) is 3.85. The van der Waals surface area contributed by atoms with Crippen LogP contribution in [0.3, 0.4) is 0 Å². The normalized spacial score (nSPS) is 22.7. The molecule has 3 aromatic rings. The van der Waals surface area contributed by atoms with Crippen molar-refractivity contribution in [2.45, 2.75) is 31.6 Å². The first-order valence-corrected chi connectivity index (χ1v) is 9.49. The number of H-pyrrole nitrogens is 1. The molecule has 0 radical (unpaired) electrons. The molecule has 0 spiro atoms. The highest BCUT2D eigenvalue weighted by molar-refractivity contribution is 5.78. The smallest absolute Gasteiger partial charge is 0.189 e. The number of likely N-dealkylation sites (tertiary alicyclic amines) is 2. The lowest BCUT2D eigenvalue weighted by Crippen LogP contribution is -2.45. The molecule has 0 saturated carbocycles. The van der Waals surface area contributed by atoms with Crippen molar-refractivity contribution < 1.29 is 4.39 Å². The third kappa shape index (κ3) is 3.17. The van der Waals surface area contributed by atoms with E-state index in [2.05, 4.69) is 45.1 Å². The highest BCUT2D eigenvalue weighted by Gasteiger charge is 2.42. The molecule has 2 aliphatic heterocycles. The molecule has 0 amide bonds. The number of benzene rings is 2. The Bertz CT molecular complexity index is 1030. The van der Waals surface area contributed by atoms with Crippen molar-refractivity contribution in [1.29, 1.82) is 0 Å². The summed E-state index contributed by atoms with van der Waals surface area (Å²) in [6.07, 6.45) is 1.19. The van der Waals surface area contributed by atoms with Crippen LogP contribution in [-0.4, -0.2) is 40.0 Å². The number of pyridine rings is 1. The third-order valence-electron chi connectivity index (χ3n) is 5.92. The van der Waals surface area contributed by atoms with Crippen LogP contribution in [0.5, 0.6) is 0 Å². The Balaban J connectivity index is 1.29. The lowest BCUT2D eigenvalue weighted by molar-refractivity contribution is 0.117. The molecule has 27 heavy (non-hydrogen) atoms. The molecule has 4 nitrogen and oxygen atoms in total. The number of nitrogens with zero attached hydrogens (tertiary/aromatic N) is 2. The predicted octanol–water partition coefficient (Wildman–Crippen LogP) is 3.13. The van der Waals surface area contributed by atoms with Gasteiger partial charge in [-0.25, -0.2) is 4.39 Å². The second-order valence-electron chi connectivity index (χ2n) is 7.74. The minimum Gasteiger partial charge on any atom is -0.357 e. The summed E-state index contributed by atoms with van der Waals surface area (Å²) in [5, 5.41) is 0.413. The first-order valence-electron chi connectivity index (χ1n) is 9.49. The molecule has 1 N–H and O–H groups in total. The molecule has 0 aliphatic carbocycles. The van der Waals surface area contributed by atoms with E-state index in [1.165, 1.54) is 24.1 Å². The first-order chi connectivity index (χ1) is 13.2. The van der Waals surface area contributed by atoms with E-state index in [0.29, 0.717) is 23.0 Å². The Morgan fingerprint density at radius 2 is 1.70 bits per heavy atom. The van der Waals surface area contributed by atoms with E-state index in [1.807, 2.05) is 0 Å². The van der Waals surface area contributed by atoms with Crippen LogP contribution in [0.25, 0.3) is 10.9 Å². The van der Waals surface area contributed by atoms with Gasteiger partial charge >= 0.3 is 0 Å². The van der Waals surface area contributed by atoms with Crippen LogP contribution in [0.1, 0.15) is 17.7 Å². The standard InChI is InChI=1S/C22H22FN3O/c23-16-6-7-21-20(8-16)22(27)9-17(24-21)12-26-14-18-10-19(26)13-25(18)11-15-4-2-1-3-5-15/h1-9,18-19H,10-14H2,(H,24,27)/t18-,19-/m0/s1. The van der Waals surface area contributed by atoms with Crippen molar-refractivity contribution in [2.24, 2.45) is 0 Å². The number of halogens is 1. The number of aromatic amines is 1. The Hall–Kier alpha value is -2.50. The molecule has 2 saturated heterocycles. The third-order valence-corrected chi connectivity index (χ3v) is 5.92. The van der Waals surface area contributed by atoms with Gasteiger partial charge in [0, 0.05) is 60.9 Å². The van der Waals surface area contributed by atoms with Gasteiger partial charge in [0.15, 0.2) is 5.43 Å². The van der Waals surface area contributed by atoms with Gasteiger partial charge in [-0.1, -0.05) is 30.3 Å². The lowest BCUT2D eigenvalue weighted by atomic mass is 10.1. The van der Waals surface area contributed by atoms with E-state index in [4.69, 9.17) is 0 Å². The average Bonchev–Trinajstić information content (AvgIpc) is 3.23. The fourth-order valence-electron chi connectivity index (χ4n) is 4.62. The van der Waals surface area contributed by atoms with Crippen LogP contribution in [-0.2, 0) is 13.1 Å². The summed E-state index contributed by atoms with van der Waals surface area (Å²) in [5.41, 5.74) is 2.85. The molecule has 138 valence electrons. The molecule has 1 aromatic heterocycles. The van der Waals surface area contributed by atoms with Gasteiger partial charge in [0.25, 0.3) is 0 Å². The fraction of sp³-hybridized carbons (Fsp3) is 0.318. The van der Waals surface area contributed by atoms with Crippen LogP contribution in [0.2, 0.25) is 0 Å². The number of piperazine rings is 1. The van der Waals surface area contributed by atoms with Crippen molar-refractivity contribution in [3.05, 3.63) is 81.9 Å². The van der Waals surface area contributed by atoms with Crippen LogP contribution >= 0.6 is 0 Å². The van der Waals surface area contributed by atoms with Gasteiger partial charge in [-0.2, -0.15) is 0 Å². The van der Waals surface area contributed by atoms with Crippen LogP contribution < -0.4 is 5.43 Å². The van der Waals surface area contributed by atoms with E-state index < -0.39 is 0 Å². The molecule has 2 fully saturated rings. The summed E-state index contributed by atoms with van der Waals surface area (Å²) >= 11 is 0. The van der Waals surface area contributed by atoms with Gasteiger partial charge in [-0.15, -0.1) is 0 Å². The summed E-state index contributed by atoms with van der Waals surface area (Å²) in [4.78, 5) is 20.7. The maximum atomic E-state index is 13.4. The van der Waals surface area contributed by atoms with Crippen molar-refractivity contribution >= 4 is 10.9 Å². The SMILES string of the molecule is O=c1cc(CN2C[C@@H]3C[C@H]2CN3Cc2ccccc2)[nH]c2ccc(F)cc12. The fourth-order valence-corrected chi connectivity index (χ4v) is 4.62. The average molecular weight is 363 g/mol. The molecular weight excluding hydrogens is 341 g/mol. The zero-order valence-corrected chi connectivity index (χ0v) is 15.1. The molecule has 0 unspecified atom stereocenters. The number of fused-ring (bicyclic) bond motifs is 3. The maximum Gasteiger partial charge on any atom is 0.189 e. The second-order valence-corrected chi connectivity index (χ2v) is 7.74. The van der Waals surface area contributed by atoms with Gasteiger partial charge < -0.3 is 4.98 Å². The van der Waals surface area contributed by atoms with E-state index in [1.54, 1.807) is 12.1 Å². The van der Waals surface area contributed by atoms with Gasteiger partial charge in [-0.3, -0.25) is 14.6 Å².